The summed E-state index contributed by atoms with van der Waals surface area (Å²) in [5.74, 6) is 0.143. The molecule has 0 atom stereocenters. The van der Waals surface area contributed by atoms with Crippen molar-refractivity contribution in [2.75, 3.05) is 11.9 Å². The molecule has 0 aliphatic heterocycles. The van der Waals surface area contributed by atoms with Gasteiger partial charge in [-0.1, -0.05) is 28.1 Å². The molecule has 0 spiro atoms. The number of aromatic nitrogens is 1. The van der Waals surface area contributed by atoms with Gasteiger partial charge in [-0.05, 0) is 30.5 Å². The van der Waals surface area contributed by atoms with Crippen molar-refractivity contribution in [1.29, 1.82) is 0 Å². The van der Waals surface area contributed by atoms with Crippen LogP contribution in [-0.2, 0) is 10.2 Å². The molecule has 19 heavy (non-hydrogen) atoms. The molecule has 1 aliphatic carbocycles. The van der Waals surface area contributed by atoms with Gasteiger partial charge in [0.15, 0.2) is 5.13 Å². The highest BCUT2D eigenvalue weighted by Crippen LogP contribution is 2.50. The van der Waals surface area contributed by atoms with E-state index in [9.17, 15) is 4.79 Å². The lowest BCUT2D eigenvalue weighted by atomic mass is 9.95. The van der Waals surface area contributed by atoms with Gasteiger partial charge in [0.05, 0.1) is 5.41 Å². The van der Waals surface area contributed by atoms with Crippen LogP contribution < -0.4 is 4.90 Å². The zero-order valence-corrected chi connectivity index (χ0v) is 12.9. The lowest BCUT2D eigenvalue weighted by Crippen LogP contribution is -2.36. The third kappa shape index (κ3) is 2.21. The van der Waals surface area contributed by atoms with Gasteiger partial charge in [-0.3, -0.25) is 9.69 Å². The van der Waals surface area contributed by atoms with Crippen molar-refractivity contribution in [1.82, 2.24) is 4.98 Å². The van der Waals surface area contributed by atoms with Crippen molar-refractivity contribution >= 4 is 38.3 Å². The fraction of sp³-hybridized carbons (Fsp3) is 0.286. The average molecular weight is 337 g/mol. The van der Waals surface area contributed by atoms with Gasteiger partial charge in [-0.15, -0.1) is 11.3 Å². The maximum absolute atomic E-state index is 12.7. The zero-order chi connectivity index (χ0) is 13.5. The molecular formula is C14H13BrN2OS. The van der Waals surface area contributed by atoms with Gasteiger partial charge in [0, 0.05) is 23.1 Å². The first kappa shape index (κ1) is 12.8. The monoisotopic (exact) mass is 336 g/mol. The predicted molar refractivity (Wildman–Crippen MR) is 80.6 cm³/mol. The molecule has 1 aromatic carbocycles. The molecule has 0 bridgehead atoms. The summed E-state index contributed by atoms with van der Waals surface area (Å²) < 4.78 is 1.03. The lowest BCUT2D eigenvalue weighted by Gasteiger charge is -2.21. The molecule has 0 unspecified atom stereocenters. The van der Waals surface area contributed by atoms with Crippen LogP contribution in [-0.4, -0.2) is 17.9 Å². The summed E-state index contributed by atoms with van der Waals surface area (Å²) in [6.07, 6.45) is 3.56. The Bertz CT molecular complexity index is 590. The van der Waals surface area contributed by atoms with Crippen LogP contribution in [0, 0.1) is 0 Å². The quantitative estimate of drug-likeness (QED) is 0.857. The largest absolute Gasteiger partial charge is 0.290 e. The van der Waals surface area contributed by atoms with E-state index in [2.05, 4.69) is 20.9 Å². The second-order valence-corrected chi connectivity index (χ2v) is 6.56. The topological polar surface area (TPSA) is 33.2 Å². The minimum atomic E-state index is -0.332. The lowest BCUT2D eigenvalue weighted by molar-refractivity contribution is -0.120. The first-order valence-electron chi connectivity index (χ1n) is 6.07. The summed E-state index contributed by atoms with van der Waals surface area (Å²) in [7, 11) is 1.81. The van der Waals surface area contributed by atoms with Crippen LogP contribution in [0.15, 0.2) is 40.3 Å². The molecule has 2 aromatic rings. The Morgan fingerprint density at radius 3 is 2.58 bits per heavy atom. The van der Waals surface area contributed by atoms with E-state index in [1.54, 1.807) is 18.1 Å². The van der Waals surface area contributed by atoms with E-state index in [0.717, 1.165) is 28.0 Å². The van der Waals surface area contributed by atoms with Crippen LogP contribution in [0.5, 0.6) is 0 Å². The van der Waals surface area contributed by atoms with E-state index in [1.165, 1.54) is 11.3 Å². The van der Waals surface area contributed by atoms with Gasteiger partial charge in [0.1, 0.15) is 0 Å². The minimum absolute atomic E-state index is 0.143. The molecule has 1 saturated carbocycles. The predicted octanol–water partition coefficient (Wildman–Crippen LogP) is 3.60. The summed E-state index contributed by atoms with van der Waals surface area (Å²) >= 11 is 4.91. The van der Waals surface area contributed by atoms with Gasteiger partial charge < -0.3 is 0 Å². The number of likely N-dealkylation sites (N-methyl/N-ethyl adjacent to an activating group) is 1. The smallest absolute Gasteiger partial charge is 0.239 e. The fourth-order valence-corrected chi connectivity index (χ4v) is 3.18. The zero-order valence-electron chi connectivity index (χ0n) is 10.5. The van der Waals surface area contributed by atoms with E-state index in [1.807, 2.05) is 29.6 Å². The van der Waals surface area contributed by atoms with Crippen LogP contribution >= 0.6 is 27.3 Å². The van der Waals surface area contributed by atoms with Crippen LogP contribution in [0.3, 0.4) is 0 Å². The highest BCUT2D eigenvalue weighted by Gasteiger charge is 2.52. The van der Waals surface area contributed by atoms with Gasteiger partial charge in [0.2, 0.25) is 5.91 Å². The average Bonchev–Trinajstić information content (AvgIpc) is 3.05. The molecule has 0 N–H and O–H groups in total. The van der Waals surface area contributed by atoms with E-state index in [0.29, 0.717) is 0 Å². The Kier molecular flexibility index (Phi) is 3.19. The summed E-state index contributed by atoms with van der Waals surface area (Å²) in [6, 6.07) is 8.05. The number of nitrogens with zero attached hydrogens (tertiary/aromatic N) is 2. The van der Waals surface area contributed by atoms with Gasteiger partial charge >= 0.3 is 0 Å². The number of benzene rings is 1. The molecule has 1 fully saturated rings. The van der Waals surface area contributed by atoms with Crippen molar-refractivity contribution in [2.24, 2.45) is 0 Å². The number of thiazole rings is 1. The second-order valence-electron chi connectivity index (χ2n) is 4.77. The molecule has 5 heteroatoms. The van der Waals surface area contributed by atoms with E-state index in [4.69, 9.17) is 0 Å². The third-order valence-electron chi connectivity index (χ3n) is 3.57. The molecule has 3 rings (SSSR count). The number of hydrogen-bond donors (Lipinski definition) is 0. The maximum atomic E-state index is 12.7. The van der Waals surface area contributed by atoms with E-state index in [-0.39, 0.29) is 11.3 Å². The standard InChI is InChI=1S/C14H13BrN2OS/c1-17(13-16-8-9-19-13)12(18)14(6-7-14)10-2-4-11(15)5-3-10/h2-5,8-9H,6-7H2,1H3. The summed E-state index contributed by atoms with van der Waals surface area (Å²) in [6.45, 7) is 0. The first-order chi connectivity index (χ1) is 9.13. The number of halogens is 1. The summed E-state index contributed by atoms with van der Waals surface area (Å²) in [4.78, 5) is 18.6. The number of anilines is 1. The number of amides is 1. The molecule has 1 heterocycles. The molecule has 1 aliphatic rings. The number of carbonyl (C=O) groups is 1. The number of carbonyl (C=O) groups excluding carboxylic acids is 1. The Morgan fingerprint density at radius 2 is 2.05 bits per heavy atom. The first-order valence-corrected chi connectivity index (χ1v) is 7.74. The van der Waals surface area contributed by atoms with Gasteiger partial charge in [-0.25, -0.2) is 4.98 Å². The van der Waals surface area contributed by atoms with Crippen molar-refractivity contribution in [2.45, 2.75) is 18.3 Å². The Labute approximate surface area is 124 Å². The Balaban J connectivity index is 1.89. The van der Waals surface area contributed by atoms with Crippen LogP contribution in [0.2, 0.25) is 0 Å². The highest BCUT2D eigenvalue weighted by atomic mass is 79.9. The van der Waals surface area contributed by atoms with Gasteiger partial charge in [0.25, 0.3) is 0 Å². The normalized spacial score (nSPS) is 16.1. The molecular weight excluding hydrogens is 324 g/mol. The Hall–Kier alpha value is -1.20. The van der Waals surface area contributed by atoms with Crippen molar-refractivity contribution in [3.63, 3.8) is 0 Å². The van der Waals surface area contributed by atoms with Crippen molar-refractivity contribution < 1.29 is 4.79 Å². The van der Waals surface area contributed by atoms with Crippen molar-refractivity contribution in [3.8, 4) is 0 Å². The van der Waals surface area contributed by atoms with E-state index >= 15 is 0 Å². The van der Waals surface area contributed by atoms with Crippen LogP contribution in [0.25, 0.3) is 0 Å². The molecule has 1 amide bonds. The van der Waals surface area contributed by atoms with E-state index < -0.39 is 0 Å². The molecule has 0 radical (unpaired) electrons. The van der Waals surface area contributed by atoms with Crippen LogP contribution in [0.4, 0.5) is 5.13 Å². The molecule has 3 nitrogen and oxygen atoms in total. The second kappa shape index (κ2) is 4.72. The molecule has 98 valence electrons. The Morgan fingerprint density at radius 1 is 1.37 bits per heavy atom. The molecule has 0 saturated heterocycles. The number of rotatable bonds is 3. The summed E-state index contributed by atoms with van der Waals surface area (Å²) in [5, 5.41) is 2.64. The van der Waals surface area contributed by atoms with Gasteiger partial charge in [-0.2, -0.15) is 0 Å². The highest BCUT2D eigenvalue weighted by molar-refractivity contribution is 9.10. The minimum Gasteiger partial charge on any atom is -0.290 e. The SMILES string of the molecule is CN(C(=O)C1(c2ccc(Br)cc2)CC1)c1nccs1. The number of hydrogen-bond acceptors (Lipinski definition) is 3. The van der Waals surface area contributed by atoms with Crippen LogP contribution in [0.1, 0.15) is 18.4 Å². The third-order valence-corrected chi connectivity index (χ3v) is 4.94. The fourth-order valence-electron chi connectivity index (χ4n) is 2.31. The van der Waals surface area contributed by atoms with Crippen molar-refractivity contribution in [3.05, 3.63) is 45.9 Å². The maximum Gasteiger partial charge on any atom is 0.239 e. The summed E-state index contributed by atoms with van der Waals surface area (Å²) in [5.41, 5.74) is 0.769. The molecule has 1 aromatic heterocycles.